The van der Waals surface area contributed by atoms with Crippen molar-refractivity contribution in [3.63, 3.8) is 0 Å². The van der Waals surface area contributed by atoms with Crippen LogP contribution in [0.4, 0.5) is 0 Å². The van der Waals surface area contributed by atoms with Gasteiger partial charge in [0.25, 0.3) is 5.52 Å². The summed E-state index contributed by atoms with van der Waals surface area (Å²) in [7, 11) is 1.65. The van der Waals surface area contributed by atoms with Gasteiger partial charge in [0.2, 0.25) is 5.58 Å². The minimum Gasteiger partial charge on any atom is -0.497 e. The molecular weight excluding hydrogens is 230 g/mol. The predicted octanol–water partition coefficient (Wildman–Crippen LogP) is 2.68. The van der Waals surface area contributed by atoms with Gasteiger partial charge in [-0.3, -0.25) is 0 Å². The van der Waals surface area contributed by atoms with E-state index in [9.17, 15) is 0 Å². The monoisotopic (exact) mass is 244 g/mol. The number of fused-ring (bicyclic) bond motifs is 1. The van der Waals surface area contributed by atoms with Gasteiger partial charge in [0.05, 0.1) is 32.1 Å². The number of methoxy groups -OCH3 is 1. The normalized spacial score (nSPS) is 11.0. The Morgan fingerprint density at radius 2 is 2.17 bits per heavy atom. The summed E-state index contributed by atoms with van der Waals surface area (Å²) in [5.74, 6) is 1.66. The Bertz CT molecular complexity index is 668. The van der Waals surface area contributed by atoms with Crippen LogP contribution in [0.2, 0.25) is 0 Å². The van der Waals surface area contributed by atoms with Gasteiger partial charge in [-0.1, -0.05) is 0 Å². The molecule has 0 unspecified atom stereocenters. The fourth-order valence-electron chi connectivity index (χ4n) is 2.07. The van der Waals surface area contributed by atoms with Crippen molar-refractivity contribution in [2.75, 3.05) is 7.11 Å². The lowest BCUT2D eigenvalue weighted by molar-refractivity contribution is -0.674. The highest BCUT2D eigenvalue weighted by atomic mass is 16.5. The third-order valence-corrected chi connectivity index (χ3v) is 3.02. The molecule has 0 amide bonds. The average Bonchev–Trinajstić information content (AvgIpc) is 2.98. The van der Waals surface area contributed by atoms with E-state index in [0.717, 1.165) is 34.8 Å². The zero-order chi connectivity index (χ0) is 12.5. The van der Waals surface area contributed by atoms with Crippen LogP contribution in [-0.4, -0.2) is 7.11 Å². The van der Waals surface area contributed by atoms with Crippen LogP contribution in [0.1, 0.15) is 11.5 Å². The molecule has 1 aromatic carbocycles. The van der Waals surface area contributed by atoms with Crippen molar-refractivity contribution in [2.24, 2.45) is 0 Å². The summed E-state index contributed by atoms with van der Waals surface area (Å²) in [5.41, 5.74) is 2.99. The largest absolute Gasteiger partial charge is 0.497 e. The lowest BCUT2D eigenvalue weighted by Gasteiger charge is -1.96. The molecule has 0 aliphatic rings. The first-order chi connectivity index (χ1) is 8.78. The van der Waals surface area contributed by atoms with Crippen molar-refractivity contribution < 1.29 is 18.1 Å². The summed E-state index contributed by atoms with van der Waals surface area (Å²) in [5, 5.41) is 0. The summed E-state index contributed by atoms with van der Waals surface area (Å²) < 4.78 is 18.1. The number of nitrogens with zero attached hydrogens (tertiary/aromatic N) is 1. The molecule has 4 heteroatoms. The second-order valence-corrected chi connectivity index (χ2v) is 4.17. The van der Waals surface area contributed by atoms with Crippen LogP contribution >= 0.6 is 0 Å². The van der Waals surface area contributed by atoms with E-state index in [2.05, 4.69) is 4.57 Å². The number of benzene rings is 1. The second kappa shape index (κ2) is 4.22. The number of oxazole rings is 1. The Hall–Kier alpha value is -2.23. The van der Waals surface area contributed by atoms with Gasteiger partial charge < -0.3 is 13.6 Å². The van der Waals surface area contributed by atoms with E-state index >= 15 is 0 Å². The van der Waals surface area contributed by atoms with Gasteiger partial charge in [-0.15, -0.1) is 0 Å². The van der Waals surface area contributed by atoms with Crippen LogP contribution in [0.3, 0.4) is 0 Å². The average molecular weight is 244 g/mol. The fraction of sp³-hybridized carbons (Fsp3) is 0.214. The smallest absolute Gasteiger partial charge is 0.345 e. The van der Waals surface area contributed by atoms with E-state index in [0.29, 0.717) is 0 Å². The van der Waals surface area contributed by atoms with Crippen molar-refractivity contribution in [1.29, 1.82) is 0 Å². The minimum absolute atomic E-state index is 0.738. The molecule has 3 rings (SSSR count). The van der Waals surface area contributed by atoms with Gasteiger partial charge in [0, 0.05) is 12.1 Å². The standard InChI is InChI=1S/C14H14NO3/c1-10-15(8-11-5-6-17-9-11)13-4-3-12(16-2)7-14(13)18-10/h3-7,9H,8H2,1-2H3/q+1. The molecule has 18 heavy (non-hydrogen) atoms. The molecule has 0 N–H and O–H groups in total. The molecule has 0 spiro atoms. The van der Waals surface area contributed by atoms with E-state index in [4.69, 9.17) is 13.6 Å². The van der Waals surface area contributed by atoms with Gasteiger partial charge in [-0.25, -0.2) is 0 Å². The Kier molecular flexibility index (Phi) is 2.55. The molecule has 0 atom stereocenters. The number of aromatic nitrogens is 1. The Balaban J connectivity index is 2.08. The predicted molar refractivity (Wildman–Crippen MR) is 65.5 cm³/mol. The van der Waals surface area contributed by atoms with Crippen LogP contribution in [0.15, 0.2) is 45.6 Å². The van der Waals surface area contributed by atoms with Crippen LogP contribution in [0.5, 0.6) is 5.75 Å². The molecular formula is C14H14NO3+. The highest BCUT2D eigenvalue weighted by Gasteiger charge is 2.20. The van der Waals surface area contributed by atoms with E-state index in [1.807, 2.05) is 31.2 Å². The number of furan rings is 1. The fourth-order valence-corrected chi connectivity index (χ4v) is 2.07. The lowest BCUT2D eigenvalue weighted by atomic mass is 10.3. The molecule has 2 aromatic heterocycles. The highest BCUT2D eigenvalue weighted by Crippen LogP contribution is 2.20. The van der Waals surface area contributed by atoms with Gasteiger partial charge in [-0.05, 0) is 12.1 Å². The highest BCUT2D eigenvalue weighted by molar-refractivity contribution is 5.71. The van der Waals surface area contributed by atoms with Crippen LogP contribution in [0.25, 0.3) is 11.1 Å². The van der Waals surface area contributed by atoms with Crippen LogP contribution in [-0.2, 0) is 6.54 Å². The number of hydrogen-bond acceptors (Lipinski definition) is 3. The maximum Gasteiger partial charge on any atom is 0.345 e. The van der Waals surface area contributed by atoms with Gasteiger partial charge >= 0.3 is 5.89 Å². The topological polar surface area (TPSA) is 39.4 Å². The van der Waals surface area contributed by atoms with Crippen molar-refractivity contribution in [3.8, 4) is 5.75 Å². The SMILES string of the molecule is COc1ccc2c(c1)oc(C)[n+]2Cc1ccoc1. The van der Waals surface area contributed by atoms with E-state index in [1.54, 1.807) is 19.6 Å². The molecule has 4 nitrogen and oxygen atoms in total. The molecule has 0 saturated heterocycles. The first-order valence-corrected chi connectivity index (χ1v) is 5.76. The van der Waals surface area contributed by atoms with Crippen LogP contribution in [0, 0.1) is 6.92 Å². The molecule has 0 radical (unpaired) electrons. The van der Waals surface area contributed by atoms with E-state index in [-0.39, 0.29) is 0 Å². The Morgan fingerprint density at radius 3 is 2.89 bits per heavy atom. The van der Waals surface area contributed by atoms with Gasteiger partial charge in [-0.2, -0.15) is 4.57 Å². The second-order valence-electron chi connectivity index (χ2n) is 4.17. The van der Waals surface area contributed by atoms with Crippen molar-refractivity contribution in [2.45, 2.75) is 13.5 Å². The molecule has 0 saturated carbocycles. The zero-order valence-corrected chi connectivity index (χ0v) is 10.3. The van der Waals surface area contributed by atoms with Gasteiger partial charge in [0.1, 0.15) is 5.75 Å². The van der Waals surface area contributed by atoms with Crippen molar-refractivity contribution in [1.82, 2.24) is 0 Å². The van der Waals surface area contributed by atoms with Crippen molar-refractivity contribution >= 4 is 11.1 Å². The zero-order valence-electron chi connectivity index (χ0n) is 10.3. The van der Waals surface area contributed by atoms with Crippen molar-refractivity contribution in [3.05, 3.63) is 48.2 Å². The van der Waals surface area contributed by atoms with Gasteiger partial charge in [0.15, 0.2) is 6.54 Å². The van der Waals surface area contributed by atoms with E-state index < -0.39 is 0 Å². The summed E-state index contributed by atoms with van der Waals surface area (Å²) in [6, 6.07) is 7.79. The Labute approximate surface area is 104 Å². The van der Waals surface area contributed by atoms with E-state index in [1.165, 1.54) is 0 Å². The Morgan fingerprint density at radius 1 is 1.28 bits per heavy atom. The summed E-state index contributed by atoms with van der Waals surface area (Å²) in [6.45, 7) is 2.69. The number of aryl methyl sites for hydroxylation is 1. The number of ether oxygens (including phenoxy) is 1. The maximum atomic E-state index is 5.74. The third-order valence-electron chi connectivity index (χ3n) is 3.02. The van der Waals surface area contributed by atoms with Crippen LogP contribution < -0.4 is 9.30 Å². The molecule has 0 aliphatic carbocycles. The lowest BCUT2D eigenvalue weighted by Crippen LogP contribution is -2.35. The molecule has 0 aliphatic heterocycles. The molecule has 0 bridgehead atoms. The number of hydrogen-bond donors (Lipinski definition) is 0. The maximum absolute atomic E-state index is 5.74. The summed E-state index contributed by atoms with van der Waals surface area (Å²) >= 11 is 0. The quantitative estimate of drug-likeness (QED) is 0.665. The first kappa shape index (κ1) is 10.9. The third kappa shape index (κ3) is 1.76. The molecule has 3 aromatic rings. The summed E-state index contributed by atoms with van der Waals surface area (Å²) in [4.78, 5) is 0. The molecule has 2 heterocycles. The molecule has 0 fully saturated rings. The number of rotatable bonds is 3. The molecule has 92 valence electrons. The minimum atomic E-state index is 0.738. The summed E-state index contributed by atoms with van der Waals surface area (Å²) in [6.07, 6.45) is 3.42. The first-order valence-electron chi connectivity index (χ1n) is 5.76.